The lowest BCUT2D eigenvalue weighted by atomic mass is 9.89. The summed E-state index contributed by atoms with van der Waals surface area (Å²) >= 11 is 1.60. The lowest BCUT2D eigenvalue weighted by Gasteiger charge is -2.28. The van der Waals surface area contributed by atoms with Crippen molar-refractivity contribution in [2.24, 2.45) is 5.92 Å². The average Bonchev–Trinajstić information content (AvgIpc) is 3.64. The zero-order chi connectivity index (χ0) is 23.8. The first-order valence-corrected chi connectivity index (χ1v) is 13.2. The second kappa shape index (κ2) is 9.27. The Hall–Kier alpha value is -3.50. The molecule has 0 unspecified atom stereocenters. The maximum atomic E-state index is 14.3. The molecule has 2 heterocycles. The molecule has 0 N–H and O–H groups in total. The number of benzene rings is 3. The third kappa shape index (κ3) is 4.35. The van der Waals surface area contributed by atoms with E-state index in [1.807, 2.05) is 83.8 Å². The van der Waals surface area contributed by atoms with E-state index in [-0.39, 0.29) is 17.6 Å². The standard InChI is InChI=1S/C31H27NO2S/c33-27(19-21-15-16-21)28-20-24-17-18-32(26-14-8-7-13-25(26)30(24)35-28)31(34)29(22-9-3-1-4-10-22)23-11-5-2-6-12-23/h1-14,20-21,29H,15-19H2. The molecule has 6 rings (SSSR count). The Labute approximate surface area is 210 Å². The molecule has 1 aliphatic heterocycles. The minimum Gasteiger partial charge on any atom is -0.311 e. The minimum atomic E-state index is -0.378. The summed E-state index contributed by atoms with van der Waals surface area (Å²) in [5.74, 6) is 0.550. The van der Waals surface area contributed by atoms with Crippen molar-refractivity contribution < 1.29 is 9.59 Å². The molecular weight excluding hydrogens is 450 g/mol. The molecular formula is C31H27NO2S. The molecule has 0 bridgehead atoms. The van der Waals surface area contributed by atoms with Crippen molar-refractivity contribution in [2.45, 2.75) is 31.6 Å². The molecule has 4 heteroatoms. The monoisotopic (exact) mass is 477 g/mol. The highest BCUT2D eigenvalue weighted by atomic mass is 32.1. The van der Waals surface area contributed by atoms with Crippen LogP contribution in [0, 0.1) is 5.92 Å². The van der Waals surface area contributed by atoms with E-state index in [9.17, 15) is 9.59 Å². The topological polar surface area (TPSA) is 37.4 Å². The number of hydrogen-bond donors (Lipinski definition) is 0. The van der Waals surface area contributed by atoms with E-state index in [2.05, 4.69) is 12.1 Å². The van der Waals surface area contributed by atoms with Gasteiger partial charge in [-0.15, -0.1) is 11.3 Å². The highest BCUT2D eigenvalue weighted by Crippen LogP contribution is 2.44. The molecule has 1 aromatic heterocycles. The maximum absolute atomic E-state index is 14.3. The summed E-state index contributed by atoms with van der Waals surface area (Å²) < 4.78 is 0. The molecule has 4 aromatic rings. The van der Waals surface area contributed by atoms with Crippen LogP contribution in [0.1, 0.15) is 51.5 Å². The van der Waals surface area contributed by atoms with Crippen LogP contribution in [0.15, 0.2) is 91.0 Å². The van der Waals surface area contributed by atoms with E-state index in [0.717, 1.165) is 38.6 Å². The van der Waals surface area contributed by atoms with Crippen LogP contribution in [-0.4, -0.2) is 18.2 Å². The van der Waals surface area contributed by atoms with Crippen LogP contribution in [0.4, 0.5) is 5.69 Å². The summed E-state index contributed by atoms with van der Waals surface area (Å²) in [6.45, 7) is 0.589. The molecule has 3 aromatic carbocycles. The lowest BCUT2D eigenvalue weighted by Crippen LogP contribution is -2.37. The molecule has 2 aliphatic rings. The number of Topliss-reactive ketones (excluding diaryl/α,β-unsaturated/α-hetero) is 1. The highest BCUT2D eigenvalue weighted by Gasteiger charge is 2.33. The van der Waals surface area contributed by atoms with Crippen LogP contribution in [0.5, 0.6) is 0 Å². The largest absolute Gasteiger partial charge is 0.311 e. The fourth-order valence-corrected chi connectivity index (χ4v) is 6.26. The van der Waals surface area contributed by atoms with Crippen LogP contribution in [0.2, 0.25) is 0 Å². The molecule has 1 fully saturated rings. The van der Waals surface area contributed by atoms with E-state index in [1.165, 1.54) is 18.4 Å². The van der Waals surface area contributed by atoms with Crippen molar-refractivity contribution in [3.63, 3.8) is 0 Å². The average molecular weight is 478 g/mol. The Morgan fingerprint density at radius 2 is 1.49 bits per heavy atom. The Bertz CT molecular complexity index is 1330. The van der Waals surface area contributed by atoms with E-state index >= 15 is 0 Å². The molecule has 0 radical (unpaired) electrons. The molecule has 1 amide bonds. The number of thiophene rings is 1. The smallest absolute Gasteiger partial charge is 0.239 e. The molecule has 174 valence electrons. The van der Waals surface area contributed by atoms with Gasteiger partial charge in [-0.1, -0.05) is 78.9 Å². The molecule has 0 spiro atoms. The molecule has 3 nitrogen and oxygen atoms in total. The predicted octanol–water partition coefficient (Wildman–Crippen LogP) is 7.12. The third-order valence-electron chi connectivity index (χ3n) is 7.08. The number of para-hydroxylation sites is 1. The van der Waals surface area contributed by atoms with Crippen LogP contribution in [0.25, 0.3) is 10.4 Å². The molecule has 1 saturated carbocycles. The van der Waals surface area contributed by atoms with Crippen LogP contribution in [0.3, 0.4) is 0 Å². The van der Waals surface area contributed by atoms with Gasteiger partial charge < -0.3 is 4.90 Å². The fourth-order valence-electron chi connectivity index (χ4n) is 5.07. The van der Waals surface area contributed by atoms with Crippen molar-refractivity contribution in [1.82, 2.24) is 0 Å². The Morgan fingerprint density at radius 3 is 2.14 bits per heavy atom. The number of fused-ring (bicyclic) bond motifs is 3. The van der Waals surface area contributed by atoms with Crippen molar-refractivity contribution in [1.29, 1.82) is 0 Å². The molecule has 35 heavy (non-hydrogen) atoms. The van der Waals surface area contributed by atoms with Gasteiger partial charge in [-0.3, -0.25) is 9.59 Å². The maximum Gasteiger partial charge on any atom is 0.239 e. The number of hydrogen-bond acceptors (Lipinski definition) is 3. The van der Waals surface area contributed by atoms with Crippen LogP contribution in [-0.2, 0) is 11.2 Å². The summed E-state index contributed by atoms with van der Waals surface area (Å²) in [6, 6.07) is 30.3. The normalized spacial score (nSPS) is 14.8. The molecule has 0 atom stereocenters. The van der Waals surface area contributed by atoms with Gasteiger partial charge in [-0.2, -0.15) is 0 Å². The highest BCUT2D eigenvalue weighted by molar-refractivity contribution is 7.17. The molecule has 1 aliphatic carbocycles. The van der Waals surface area contributed by atoms with Gasteiger partial charge in [0.2, 0.25) is 5.91 Å². The van der Waals surface area contributed by atoms with E-state index in [1.54, 1.807) is 11.3 Å². The van der Waals surface area contributed by atoms with E-state index < -0.39 is 0 Å². The SMILES string of the molecule is O=C(CC1CC1)c1cc2c(s1)-c1ccccc1N(C(=O)C(c1ccccc1)c1ccccc1)CC2. The summed E-state index contributed by atoms with van der Waals surface area (Å²) in [5, 5.41) is 0. The number of ketones is 1. The Balaban J connectivity index is 1.39. The van der Waals surface area contributed by atoms with Crippen LogP contribution >= 0.6 is 11.3 Å². The van der Waals surface area contributed by atoms with Gasteiger partial charge in [-0.05, 0) is 54.0 Å². The first-order chi connectivity index (χ1) is 17.2. The predicted molar refractivity (Wildman–Crippen MR) is 142 cm³/mol. The van der Waals surface area contributed by atoms with Gasteiger partial charge in [0.05, 0.1) is 16.5 Å². The van der Waals surface area contributed by atoms with Gasteiger partial charge >= 0.3 is 0 Å². The number of anilines is 1. The first kappa shape index (κ1) is 22.0. The minimum absolute atomic E-state index is 0.0787. The number of carbonyl (C=O) groups is 2. The van der Waals surface area contributed by atoms with Gasteiger partial charge in [0, 0.05) is 23.4 Å². The van der Waals surface area contributed by atoms with Gasteiger partial charge in [0.25, 0.3) is 0 Å². The van der Waals surface area contributed by atoms with Crippen molar-refractivity contribution in [3.8, 4) is 10.4 Å². The summed E-state index contributed by atoms with van der Waals surface area (Å²) in [6.07, 6.45) is 3.77. The van der Waals surface area contributed by atoms with Crippen molar-refractivity contribution >= 4 is 28.7 Å². The summed E-state index contributed by atoms with van der Waals surface area (Å²) in [5.41, 5.74) is 5.13. The number of nitrogens with zero attached hydrogens (tertiary/aromatic N) is 1. The first-order valence-electron chi connectivity index (χ1n) is 12.4. The second-order valence-corrected chi connectivity index (χ2v) is 10.6. The Kier molecular flexibility index (Phi) is 5.83. The fraction of sp³-hybridized carbons (Fsp3) is 0.226. The zero-order valence-corrected chi connectivity index (χ0v) is 20.3. The zero-order valence-electron chi connectivity index (χ0n) is 19.5. The van der Waals surface area contributed by atoms with E-state index in [4.69, 9.17) is 0 Å². The van der Waals surface area contributed by atoms with Gasteiger partial charge in [0.1, 0.15) is 0 Å². The van der Waals surface area contributed by atoms with Crippen LogP contribution < -0.4 is 4.90 Å². The van der Waals surface area contributed by atoms with Gasteiger partial charge in [0.15, 0.2) is 5.78 Å². The van der Waals surface area contributed by atoms with Crippen molar-refractivity contribution in [3.05, 3.63) is 113 Å². The lowest BCUT2D eigenvalue weighted by molar-refractivity contribution is -0.119. The Morgan fingerprint density at radius 1 is 0.857 bits per heavy atom. The third-order valence-corrected chi connectivity index (χ3v) is 8.33. The van der Waals surface area contributed by atoms with Gasteiger partial charge in [-0.25, -0.2) is 0 Å². The second-order valence-electron chi connectivity index (χ2n) is 9.55. The number of carbonyl (C=O) groups excluding carboxylic acids is 2. The molecule has 0 saturated heterocycles. The number of rotatable bonds is 6. The summed E-state index contributed by atoms with van der Waals surface area (Å²) in [4.78, 5) is 31.0. The quantitative estimate of drug-likeness (QED) is 0.277. The van der Waals surface area contributed by atoms with E-state index in [0.29, 0.717) is 18.9 Å². The number of amides is 1. The summed E-state index contributed by atoms with van der Waals surface area (Å²) in [7, 11) is 0. The van der Waals surface area contributed by atoms with Crippen molar-refractivity contribution in [2.75, 3.05) is 11.4 Å².